The number of benzene rings is 1. The highest BCUT2D eigenvalue weighted by molar-refractivity contribution is 5.97. The Morgan fingerprint density at radius 3 is 1.95 bits per heavy atom. The summed E-state index contributed by atoms with van der Waals surface area (Å²) in [5, 5.41) is 25.4. The molecule has 0 aliphatic rings. The monoisotopic (exact) mass is 531 g/mol. The van der Waals surface area contributed by atoms with Crippen LogP contribution in [0, 0.1) is 0 Å². The van der Waals surface area contributed by atoms with Crippen molar-refractivity contribution in [2.45, 2.75) is 49.9 Å². The number of nitrogens with two attached hydrogens (primary N) is 2. The van der Waals surface area contributed by atoms with Crippen molar-refractivity contribution in [2.24, 2.45) is 11.5 Å². The molecule has 15 heteroatoms. The van der Waals surface area contributed by atoms with Crippen molar-refractivity contribution in [3.8, 4) is 0 Å². The summed E-state index contributed by atoms with van der Waals surface area (Å²) in [5.41, 5.74) is 12.2. The normalized spacial score (nSPS) is 13.8. The van der Waals surface area contributed by atoms with Gasteiger partial charge in [-0.15, -0.1) is 0 Å². The van der Waals surface area contributed by atoms with Gasteiger partial charge in [-0.25, -0.2) is 9.78 Å². The third-order valence-corrected chi connectivity index (χ3v) is 5.28. The fourth-order valence-corrected chi connectivity index (χ4v) is 3.39. The zero-order chi connectivity index (χ0) is 28.2. The van der Waals surface area contributed by atoms with Gasteiger partial charge in [0.2, 0.25) is 23.6 Å². The molecule has 204 valence electrons. The summed E-state index contributed by atoms with van der Waals surface area (Å²) < 4.78 is 0. The molecule has 0 radical (unpaired) electrons. The summed E-state index contributed by atoms with van der Waals surface area (Å²) in [6.07, 6.45) is 1.15. The molecule has 4 atom stereocenters. The van der Waals surface area contributed by atoms with Crippen LogP contribution >= 0.6 is 0 Å². The van der Waals surface area contributed by atoms with Gasteiger partial charge >= 0.3 is 11.9 Å². The zero-order valence-electron chi connectivity index (χ0n) is 20.1. The van der Waals surface area contributed by atoms with Gasteiger partial charge in [-0.3, -0.25) is 24.0 Å². The van der Waals surface area contributed by atoms with E-state index >= 15 is 0 Å². The van der Waals surface area contributed by atoms with E-state index in [2.05, 4.69) is 25.9 Å². The molecule has 0 aliphatic heterocycles. The maximum atomic E-state index is 12.9. The topological polar surface area (TPSA) is 260 Å². The first-order chi connectivity index (χ1) is 18.0. The number of carbonyl (C=O) groups excluding carboxylic acids is 4. The molecule has 38 heavy (non-hydrogen) atoms. The standard InChI is InChI=1S/C23H29N7O8/c24-14(7-13-10-26-11-27-13)20(34)28-15(8-18(25)31)21(35)29-16(9-19(32)33)22(36)30-17(23(37)38)6-12-4-2-1-3-5-12/h1-5,10-11,14-17H,6-9,24H2,(H2,25,31)(H,26,27)(H,28,34)(H,29,35)(H,30,36)(H,32,33)(H,37,38). The van der Waals surface area contributed by atoms with Crippen molar-refractivity contribution in [1.29, 1.82) is 0 Å². The first-order valence-electron chi connectivity index (χ1n) is 11.4. The summed E-state index contributed by atoms with van der Waals surface area (Å²) in [6, 6.07) is 2.47. The number of aromatic amines is 1. The second-order valence-electron chi connectivity index (χ2n) is 8.37. The fourth-order valence-electron chi connectivity index (χ4n) is 3.39. The number of aromatic nitrogens is 2. The molecule has 10 N–H and O–H groups in total. The average molecular weight is 532 g/mol. The lowest BCUT2D eigenvalue weighted by Crippen LogP contribution is -2.58. The third-order valence-electron chi connectivity index (χ3n) is 5.28. The van der Waals surface area contributed by atoms with E-state index in [1.165, 1.54) is 12.5 Å². The van der Waals surface area contributed by atoms with Gasteiger partial charge in [-0.05, 0) is 5.56 Å². The fraction of sp³-hybridized carbons (Fsp3) is 0.348. The van der Waals surface area contributed by atoms with E-state index in [9.17, 15) is 39.0 Å². The van der Waals surface area contributed by atoms with Gasteiger partial charge in [0.05, 0.1) is 25.2 Å². The maximum Gasteiger partial charge on any atom is 0.326 e. The number of imidazole rings is 1. The maximum absolute atomic E-state index is 12.9. The van der Waals surface area contributed by atoms with Crippen LogP contribution < -0.4 is 27.4 Å². The second-order valence-corrected chi connectivity index (χ2v) is 8.37. The minimum atomic E-state index is -1.73. The highest BCUT2D eigenvalue weighted by atomic mass is 16.4. The molecule has 4 amide bonds. The minimum absolute atomic E-state index is 0.0266. The number of carbonyl (C=O) groups is 6. The Morgan fingerprint density at radius 1 is 0.842 bits per heavy atom. The molecule has 1 aromatic heterocycles. The Hall–Kier alpha value is -4.79. The van der Waals surface area contributed by atoms with Crippen LogP contribution in [-0.4, -0.2) is 79.9 Å². The number of aliphatic carboxylic acids is 2. The highest BCUT2D eigenvalue weighted by Gasteiger charge is 2.32. The van der Waals surface area contributed by atoms with E-state index in [0.717, 1.165) is 0 Å². The van der Waals surface area contributed by atoms with Crippen LogP contribution in [0.4, 0.5) is 0 Å². The van der Waals surface area contributed by atoms with Crippen molar-refractivity contribution in [2.75, 3.05) is 0 Å². The molecule has 0 aliphatic carbocycles. The van der Waals surface area contributed by atoms with E-state index < -0.39 is 72.6 Å². The molecule has 0 bridgehead atoms. The number of rotatable bonds is 15. The summed E-state index contributed by atoms with van der Waals surface area (Å²) in [4.78, 5) is 79.3. The van der Waals surface area contributed by atoms with Gasteiger partial charge in [0.1, 0.15) is 18.1 Å². The third kappa shape index (κ3) is 9.69. The Bertz CT molecular complexity index is 1140. The molecule has 0 spiro atoms. The Balaban J connectivity index is 2.12. The largest absolute Gasteiger partial charge is 0.481 e. The lowest BCUT2D eigenvalue weighted by atomic mass is 10.0. The Kier molecular flexibility index (Phi) is 10.9. The quantitative estimate of drug-likeness (QED) is 0.119. The van der Waals surface area contributed by atoms with Crippen molar-refractivity contribution in [1.82, 2.24) is 25.9 Å². The van der Waals surface area contributed by atoms with Crippen LogP contribution in [0.1, 0.15) is 24.1 Å². The van der Waals surface area contributed by atoms with E-state index in [1.54, 1.807) is 30.3 Å². The van der Waals surface area contributed by atoms with Crippen molar-refractivity contribution in [3.05, 3.63) is 54.1 Å². The highest BCUT2D eigenvalue weighted by Crippen LogP contribution is 2.06. The van der Waals surface area contributed by atoms with Crippen LogP contribution in [0.5, 0.6) is 0 Å². The Morgan fingerprint density at radius 2 is 1.42 bits per heavy atom. The van der Waals surface area contributed by atoms with E-state index in [-0.39, 0.29) is 12.8 Å². The predicted molar refractivity (Wildman–Crippen MR) is 130 cm³/mol. The molecule has 0 saturated heterocycles. The molecular weight excluding hydrogens is 502 g/mol. The number of nitrogens with one attached hydrogen (secondary N) is 4. The minimum Gasteiger partial charge on any atom is -0.481 e. The smallest absolute Gasteiger partial charge is 0.326 e. The number of carboxylic acids is 2. The Labute approximate surface area is 216 Å². The molecule has 1 aromatic carbocycles. The number of H-pyrrole nitrogens is 1. The number of hydrogen-bond acceptors (Lipinski definition) is 8. The van der Waals surface area contributed by atoms with Gasteiger partial charge in [0.15, 0.2) is 0 Å². The van der Waals surface area contributed by atoms with Gasteiger partial charge in [-0.2, -0.15) is 0 Å². The van der Waals surface area contributed by atoms with Crippen molar-refractivity contribution in [3.63, 3.8) is 0 Å². The number of carboxylic acid groups (broad SMARTS) is 2. The summed E-state index contributed by atoms with van der Waals surface area (Å²) in [6.45, 7) is 0. The molecule has 0 saturated carbocycles. The van der Waals surface area contributed by atoms with Gasteiger partial charge < -0.3 is 42.6 Å². The molecule has 0 fully saturated rings. The van der Waals surface area contributed by atoms with Crippen molar-refractivity contribution < 1.29 is 39.0 Å². The summed E-state index contributed by atoms with van der Waals surface area (Å²) in [5.74, 6) is -6.84. The van der Waals surface area contributed by atoms with Gasteiger partial charge in [0, 0.05) is 24.7 Å². The lowest BCUT2D eigenvalue weighted by Gasteiger charge is -2.24. The van der Waals surface area contributed by atoms with Gasteiger partial charge in [0.25, 0.3) is 0 Å². The lowest BCUT2D eigenvalue weighted by molar-refractivity contribution is -0.143. The number of primary amides is 1. The molecule has 2 rings (SSSR count). The molecule has 4 unspecified atom stereocenters. The first kappa shape index (κ1) is 29.4. The molecule has 1 heterocycles. The molecule has 2 aromatic rings. The summed E-state index contributed by atoms with van der Waals surface area (Å²) >= 11 is 0. The van der Waals surface area contributed by atoms with Crippen LogP contribution in [0.15, 0.2) is 42.9 Å². The summed E-state index contributed by atoms with van der Waals surface area (Å²) in [7, 11) is 0. The van der Waals surface area contributed by atoms with Crippen LogP contribution in [0.3, 0.4) is 0 Å². The number of amides is 4. The number of nitrogens with zero attached hydrogens (tertiary/aromatic N) is 1. The van der Waals surface area contributed by atoms with E-state index in [1.807, 2.05) is 0 Å². The van der Waals surface area contributed by atoms with E-state index in [0.29, 0.717) is 11.3 Å². The van der Waals surface area contributed by atoms with Crippen molar-refractivity contribution >= 4 is 35.6 Å². The van der Waals surface area contributed by atoms with Gasteiger partial charge in [-0.1, -0.05) is 30.3 Å². The van der Waals surface area contributed by atoms with Crippen LogP contribution in [0.25, 0.3) is 0 Å². The SMILES string of the molecule is NC(=O)CC(NC(=O)C(N)Cc1cnc[nH]1)C(=O)NC(CC(=O)O)C(=O)NC(Cc1ccccc1)C(=O)O. The molecule has 15 nitrogen and oxygen atoms in total. The predicted octanol–water partition coefficient (Wildman–Crippen LogP) is -2.59. The van der Waals surface area contributed by atoms with Crippen LogP contribution in [-0.2, 0) is 41.6 Å². The molecular formula is C23H29N7O8. The zero-order valence-corrected chi connectivity index (χ0v) is 20.1. The first-order valence-corrected chi connectivity index (χ1v) is 11.4. The number of hydrogen-bond donors (Lipinski definition) is 8. The average Bonchev–Trinajstić information content (AvgIpc) is 3.35. The second kappa shape index (κ2) is 14.1. The van der Waals surface area contributed by atoms with E-state index in [4.69, 9.17) is 11.5 Å². The van der Waals surface area contributed by atoms with Crippen LogP contribution in [0.2, 0.25) is 0 Å².